The van der Waals surface area contributed by atoms with E-state index in [1.54, 1.807) is 11.3 Å². The van der Waals surface area contributed by atoms with Crippen LogP contribution in [0, 0.1) is 8.80 Å². The lowest BCUT2D eigenvalue weighted by atomic mass is 9.77. The normalized spacial score (nSPS) is 28.4. The summed E-state index contributed by atoms with van der Waals surface area (Å²) in [6.07, 6.45) is 4.69. The van der Waals surface area contributed by atoms with Crippen LogP contribution in [-0.2, 0) is 4.74 Å². The summed E-state index contributed by atoms with van der Waals surface area (Å²) in [5.41, 5.74) is 7.98. The Kier molecular flexibility index (Phi) is 4.79. The van der Waals surface area contributed by atoms with E-state index < -0.39 is 0 Å². The summed E-state index contributed by atoms with van der Waals surface area (Å²) in [7, 11) is 0. The Bertz CT molecular complexity index is 425. The van der Waals surface area contributed by atoms with Gasteiger partial charge in [-0.05, 0) is 82.7 Å². The molecule has 0 amide bonds. The number of ether oxygens (including phenoxy) is 1. The van der Waals surface area contributed by atoms with Crippen LogP contribution in [0.4, 0.5) is 0 Å². The molecule has 2 unspecified atom stereocenters. The largest absolute Gasteiger partial charge is 0.375 e. The van der Waals surface area contributed by atoms with Gasteiger partial charge in [-0.15, -0.1) is 11.3 Å². The fourth-order valence-corrected chi connectivity index (χ4v) is 5.89. The maximum atomic E-state index is 6.52. The van der Waals surface area contributed by atoms with Crippen LogP contribution in [-0.4, -0.2) is 23.7 Å². The van der Waals surface area contributed by atoms with Gasteiger partial charge in [0.05, 0.1) is 8.48 Å². The van der Waals surface area contributed by atoms with Crippen molar-refractivity contribution < 1.29 is 4.74 Å². The van der Waals surface area contributed by atoms with E-state index in [1.807, 2.05) is 0 Å². The highest BCUT2D eigenvalue weighted by Crippen LogP contribution is 2.43. The zero-order valence-corrected chi connectivity index (χ0v) is 14.7. The quantitative estimate of drug-likeness (QED) is 0.749. The molecule has 0 saturated carbocycles. The van der Waals surface area contributed by atoms with Crippen molar-refractivity contribution in [2.75, 3.05) is 18.1 Å². The molecule has 2 aliphatic rings. The monoisotopic (exact) mass is 409 g/mol. The third kappa shape index (κ3) is 3.31. The van der Waals surface area contributed by atoms with Gasteiger partial charge in [-0.25, -0.2) is 0 Å². The van der Waals surface area contributed by atoms with Crippen LogP contribution >= 0.6 is 45.7 Å². The molecule has 3 heterocycles. The van der Waals surface area contributed by atoms with Gasteiger partial charge in [0.15, 0.2) is 0 Å². The van der Waals surface area contributed by atoms with Crippen LogP contribution in [0.15, 0.2) is 11.4 Å². The molecular weight excluding hydrogens is 389 g/mol. The topological polar surface area (TPSA) is 35.2 Å². The minimum atomic E-state index is 0.148. The van der Waals surface area contributed by atoms with Crippen molar-refractivity contribution in [1.82, 2.24) is 0 Å². The van der Waals surface area contributed by atoms with Crippen LogP contribution in [0.3, 0.4) is 0 Å². The number of thiophene rings is 1. The van der Waals surface area contributed by atoms with E-state index >= 15 is 0 Å². The molecule has 3 rings (SSSR count). The van der Waals surface area contributed by atoms with E-state index in [4.69, 9.17) is 10.5 Å². The van der Waals surface area contributed by atoms with Crippen molar-refractivity contribution >= 4 is 45.7 Å². The van der Waals surface area contributed by atoms with Crippen molar-refractivity contribution in [3.63, 3.8) is 0 Å². The van der Waals surface area contributed by atoms with E-state index in [0.29, 0.717) is 5.92 Å². The van der Waals surface area contributed by atoms with E-state index in [1.165, 1.54) is 32.8 Å². The molecule has 1 aromatic rings. The predicted octanol–water partition coefficient (Wildman–Crippen LogP) is 4.04. The van der Waals surface area contributed by atoms with E-state index in [-0.39, 0.29) is 11.6 Å². The molecule has 0 radical (unpaired) electrons. The second-order valence-electron chi connectivity index (χ2n) is 5.61. The summed E-state index contributed by atoms with van der Waals surface area (Å²) in [5, 5.41) is 2.23. The second kappa shape index (κ2) is 6.22. The van der Waals surface area contributed by atoms with Crippen LogP contribution in [0.25, 0.3) is 0 Å². The second-order valence-corrected chi connectivity index (χ2v) is 9.64. The number of halogens is 1. The summed E-state index contributed by atoms with van der Waals surface area (Å²) in [6, 6.07) is 2.43. The van der Waals surface area contributed by atoms with Crippen molar-refractivity contribution in [2.24, 2.45) is 11.7 Å². The summed E-state index contributed by atoms with van der Waals surface area (Å²) in [6.45, 7) is 0.893. The molecule has 2 atom stereocenters. The number of nitrogens with two attached hydrogens (primary N) is 1. The van der Waals surface area contributed by atoms with Gasteiger partial charge in [0.1, 0.15) is 0 Å². The summed E-state index contributed by atoms with van der Waals surface area (Å²) >= 11 is 6.23. The van der Waals surface area contributed by atoms with E-state index in [0.717, 1.165) is 19.4 Å². The van der Waals surface area contributed by atoms with Crippen molar-refractivity contribution in [2.45, 2.75) is 37.3 Å². The van der Waals surface area contributed by atoms with Gasteiger partial charge >= 0.3 is 0 Å². The fourth-order valence-electron chi connectivity index (χ4n) is 3.23. The van der Waals surface area contributed by atoms with E-state index in [9.17, 15) is 0 Å². The first kappa shape index (κ1) is 14.6. The zero-order chi connectivity index (χ0) is 13.3. The molecule has 106 valence electrons. The Balaban J connectivity index is 1.70. The van der Waals surface area contributed by atoms with Gasteiger partial charge in [0, 0.05) is 12.6 Å². The van der Waals surface area contributed by atoms with Gasteiger partial charge in [-0.3, -0.25) is 0 Å². The van der Waals surface area contributed by atoms with Crippen LogP contribution in [0.5, 0.6) is 0 Å². The first-order valence-electron chi connectivity index (χ1n) is 6.90. The maximum Gasteiger partial charge on any atom is 0.0701 e. The summed E-state index contributed by atoms with van der Waals surface area (Å²) < 4.78 is 7.49. The first-order chi connectivity index (χ1) is 9.19. The number of rotatable bonds is 2. The minimum absolute atomic E-state index is 0.148. The predicted molar refractivity (Wildman–Crippen MR) is 91.9 cm³/mol. The Morgan fingerprint density at radius 1 is 1.42 bits per heavy atom. The molecular formula is C14H20INOS2. The highest BCUT2D eigenvalue weighted by Gasteiger charge is 2.40. The molecule has 1 spiro atoms. The lowest BCUT2D eigenvalue weighted by Crippen LogP contribution is -2.45. The molecule has 0 aromatic carbocycles. The smallest absolute Gasteiger partial charge is 0.0701 e. The zero-order valence-electron chi connectivity index (χ0n) is 10.9. The first-order valence-corrected chi connectivity index (χ1v) is 10.0. The number of hydrogen-bond donors (Lipinski definition) is 1. The average Bonchev–Trinajstić information content (AvgIpc) is 2.85. The molecule has 2 fully saturated rings. The third-order valence-corrected chi connectivity index (χ3v) is 7.21. The average molecular weight is 409 g/mol. The molecule has 5 heteroatoms. The molecule has 0 aliphatic carbocycles. The van der Waals surface area contributed by atoms with Gasteiger partial charge < -0.3 is 10.5 Å². The maximum absolute atomic E-state index is 6.52. The lowest BCUT2D eigenvalue weighted by Gasteiger charge is -2.44. The minimum Gasteiger partial charge on any atom is -0.375 e. The fraction of sp³-hybridized carbons (Fsp3) is 0.714. The van der Waals surface area contributed by atoms with E-state index in [2.05, 4.69) is 45.8 Å². The van der Waals surface area contributed by atoms with Gasteiger partial charge in [0.2, 0.25) is 0 Å². The van der Waals surface area contributed by atoms with Gasteiger partial charge in [0.25, 0.3) is 0 Å². The molecule has 2 aliphatic heterocycles. The SMILES string of the molecule is NC(c1csc(I)c1)C1CCOC2(CCSCC2)C1. The van der Waals surface area contributed by atoms with Crippen molar-refractivity contribution in [1.29, 1.82) is 0 Å². The molecule has 2 nitrogen and oxygen atoms in total. The standard InChI is InChI=1S/C14H20INOS2/c15-12-7-11(9-19-12)13(16)10-1-4-17-14(8-10)2-5-18-6-3-14/h7,9-10,13H,1-6,8,16H2. The lowest BCUT2D eigenvalue weighted by molar-refractivity contribution is -0.105. The highest BCUT2D eigenvalue weighted by molar-refractivity contribution is 14.1. The Labute approximate surface area is 137 Å². The molecule has 0 bridgehead atoms. The van der Waals surface area contributed by atoms with Gasteiger partial charge in [-0.1, -0.05) is 0 Å². The van der Waals surface area contributed by atoms with Crippen LogP contribution < -0.4 is 5.73 Å². The Morgan fingerprint density at radius 2 is 2.21 bits per heavy atom. The number of hydrogen-bond acceptors (Lipinski definition) is 4. The van der Waals surface area contributed by atoms with Gasteiger partial charge in [-0.2, -0.15) is 11.8 Å². The van der Waals surface area contributed by atoms with Crippen LogP contribution in [0.2, 0.25) is 0 Å². The molecule has 19 heavy (non-hydrogen) atoms. The summed E-state index contributed by atoms with van der Waals surface area (Å²) in [4.78, 5) is 0. The molecule has 2 saturated heterocycles. The van der Waals surface area contributed by atoms with Crippen molar-refractivity contribution in [3.8, 4) is 0 Å². The Hall–Kier alpha value is 0.700. The van der Waals surface area contributed by atoms with Crippen molar-refractivity contribution in [3.05, 3.63) is 19.9 Å². The highest BCUT2D eigenvalue weighted by atomic mass is 127. The Morgan fingerprint density at radius 3 is 2.89 bits per heavy atom. The third-order valence-electron chi connectivity index (χ3n) is 4.42. The molecule has 2 N–H and O–H groups in total. The number of thioether (sulfide) groups is 1. The molecule has 1 aromatic heterocycles. The van der Waals surface area contributed by atoms with Crippen LogP contribution in [0.1, 0.15) is 37.3 Å². The summed E-state index contributed by atoms with van der Waals surface area (Å²) in [5.74, 6) is 3.08.